The maximum atomic E-state index is 2.40. The molecule has 2 aromatic rings. The van der Waals surface area contributed by atoms with Crippen LogP contribution in [0.5, 0.6) is 0 Å². The van der Waals surface area contributed by atoms with Crippen LogP contribution >= 0.6 is 0 Å². The van der Waals surface area contributed by atoms with Gasteiger partial charge in [-0.2, -0.15) is 4.58 Å². The molecule has 0 unspecified atom stereocenters. The van der Waals surface area contributed by atoms with E-state index in [0.717, 1.165) is 6.67 Å². The Morgan fingerprint density at radius 3 is 2.55 bits per heavy atom. The van der Waals surface area contributed by atoms with E-state index in [4.69, 9.17) is 0 Å². The predicted molar refractivity (Wildman–Crippen MR) is 83.3 cm³/mol. The first kappa shape index (κ1) is 11.7. The average molecular weight is 263 g/mol. The van der Waals surface area contributed by atoms with E-state index >= 15 is 0 Å². The van der Waals surface area contributed by atoms with Crippen LogP contribution in [0.25, 0.3) is 0 Å². The first-order valence-electron chi connectivity index (χ1n) is 7.35. The largest absolute Gasteiger partial charge is 0.319 e. The summed E-state index contributed by atoms with van der Waals surface area (Å²) in [5, 5.41) is 0. The Morgan fingerprint density at radius 1 is 1.00 bits per heavy atom. The van der Waals surface area contributed by atoms with Crippen LogP contribution in [0.2, 0.25) is 0 Å². The molecule has 0 saturated heterocycles. The van der Waals surface area contributed by atoms with E-state index in [2.05, 4.69) is 65.2 Å². The number of hydrogen-bond donors (Lipinski definition) is 0. The lowest BCUT2D eigenvalue weighted by atomic mass is 10.0. The Morgan fingerprint density at radius 2 is 1.75 bits per heavy atom. The SMILES string of the molecule is CN1C[N+](c2ccccc2)=Cc2cc3c(cc21)CCC3. The van der Waals surface area contributed by atoms with E-state index in [1.807, 2.05) is 0 Å². The van der Waals surface area contributed by atoms with E-state index < -0.39 is 0 Å². The molecule has 2 nitrogen and oxygen atoms in total. The smallest absolute Gasteiger partial charge is 0.224 e. The molecule has 0 bridgehead atoms. The van der Waals surface area contributed by atoms with Gasteiger partial charge in [0.05, 0.1) is 11.3 Å². The third kappa shape index (κ3) is 1.83. The van der Waals surface area contributed by atoms with Gasteiger partial charge in [0.2, 0.25) is 12.4 Å². The molecule has 2 heteroatoms. The normalized spacial score (nSPS) is 16.6. The topological polar surface area (TPSA) is 6.25 Å². The van der Waals surface area contributed by atoms with Gasteiger partial charge in [0.25, 0.3) is 0 Å². The minimum atomic E-state index is 0.912. The monoisotopic (exact) mass is 263 g/mol. The molecule has 1 heterocycles. The van der Waals surface area contributed by atoms with Gasteiger partial charge in [-0.3, -0.25) is 0 Å². The number of rotatable bonds is 1. The summed E-state index contributed by atoms with van der Waals surface area (Å²) >= 11 is 0. The van der Waals surface area contributed by atoms with Crippen LogP contribution in [0.15, 0.2) is 42.5 Å². The first-order chi connectivity index (χ1) is 9.81. The van der Waals surface area contributed by atoms with Crippen LogP contribution in [0.3, 0.4) is 0 Å². The molecule has 0 spiro atoms. The van der Waals surface area contributed by atoms with Gasteiger partial charge >= 0.3 is 0 Å². The molecule has 1 aliphatic heterocycles. The molecule has 0 aromatic heterocycles. The standard InChI is InChI=1S/C18H19N2/c1-19-13-20(17-8-3-2-4-9-17)12-16-10-14-6-5-7-15(14)11-18(16)19/h2-4,8-12H,5-7,13H2,1H3/q+1. The molecule has 0 radical (unpaired) electrons. The summed E-state index contributed by atoms with van der Waals surface area (Å²) < 4.78 is 2.32. The van der Waals surface area contributed by atoms with E-state index in [1.54, 1.807) is 11.1 Å². The molecule has 2 aliphatic rings. The van der Waals surface area contributed by atoms with E-state index in [1.165, 1.54) is 36.2 Å². The van der Waals surface area contributed by atoms with Crippen molar-refractivity contribution in [1.29, 1.82) is 0 Å². The van der Waals surface area contributed by atoms with E-state index in [-0.39, 0.29) is 0 Å². The lowest BCUT2D eigenvalue weighted by Crippen LogP contribution is -2.32. The highest BCUT2D eigenvalue weighted by Gasteiger charge is 2.24. The highest BCUT2D eigenvalue weighted by molar-refractivity contribution is 5.88. The van der Waals surface area contributed by atoms with Crippen LogP contribution < -0.4 is 4.90 Å². The molecule has 20 heavy (non-hydrogen) atoms. The number of nitrogens with zero attached hydrogens (tertiary/aromatic N) is 2. The van der Waals surface area contributed by atoms with Gasteiger partial charge in [-0.05, 0) is 42.5 Å². The number of benzene rings is 2. The number of hydrogen-bond acceptors (Lipinski definition) is 1. The molecule has 0 N–H and O–H groups in total. The summed E-state index contributed by atoms with van der Waals surface area (Å²) in [6.07, 6.45) is 6.10. The molecule has 0 fully saturated rings. The second-order valence-electron chi connectivity index (χ2n) is 5.81. The fourth-order valence-corrected chi connectivity index (χ4v) is 3.35. The van der Waals surface area contributed by atoms with Gasteiger partial charge in [0, 0.05) is 19.2 Å². The minimum absolute atomic E-state index is 0.912. The van der Waals surface area contributed by atoms with Gasteiger partial charge in [0.15, 0.2) is 6.21 Å². The zero-order valence-corrected chi connectivity index (χ0v) is 11.8. The molecule has 100 valence electrons. The number of aryl methyl sites for hydroxylation is 2. The number of fused-ring (bicyclic) bond motifs is 2. The Bertz CT molecular complexity index is 686. The van der Waals surface area contributed by atoms with Gasteiger partial charge in [-0.25, -0.2) is 0 Å². The van der Waals surface area contributed by atoms with Crippen LogP contribution in [-0.2, 0) is 12.8 Å². The summed E-state index contributed by atoms with van der Waals surface area (Å²) in [6, 6.07) is 15.4. The fourth-order valence-electron chi connectivity index (χ4n) is 3.35. The molecule has 0 atom stereocenters. The van der Waals surface area contributed by atoms with Crippen molar-refractivity contribution in [3.05, 3.63) is 59.2 Å². The summed E-state index contributed by atoms with van der Waals surface area (Å²) in [5.74, 6) is 0. The van der Waals surface area contributed by atoms with Gasteiger partial charge in [-0.15, -0.1) is 0 Å². The van der Waals surface area contributed by atoms with Crippen LogP contribution in [0.1, 0.15) is 23.1 Å². The summed E-state index contributed by atoms with van der Waals surface area (Å²) in [4.78, 5) is 2.35. The highest BCUT2D eigenvalue weighted by atomic mass is 15.3. The van der Waals surface area contributed by atoms with Crippen LogP contribution in [-0.4, -0.2) is 24.5 Å². The Kier molecular flexibility index (Phi) is 2.62. The van der Waals surface area contributed by atoms with Crippen molar-refractivity contribution >= 4 is 17.6 Å². The van der Waals surface area contributed by atoms with Crippen molar-refractivity contribution in [3.63, 3.8) is 0 Å². The summed E-state index contributed by atoms with van der Waals surface area (Å²) in [6.45, 7) is 0.912. The van der Waals surface area contributed by atoms with Crippen molar-refractivity contribution in [2.75, 3.05) is 18.6 Å². The maximum Gasteiger partial charge on any atom is 0.224 e. The first-order valence-corrected chi connectivity index (χ1v) is 7.35. The quantitative estimate of drug-likeness (QED) is 0.715. The van der Waals surface area contributed by atoms with Crippen LogP contribution in [0, 0.1) is 0 Å². The average Bonchev–Trinajstić information content (AvgIpc) is 2.93. The van der Waals surface area contributed by atoms with Crippen molar-refractivity contribution in [2.24, 2.45) is 0 Å². The lowest BCUT2D eigenvalue weighted by Gasteiger charge is -2.24. The molecule has 2 aromatic carbocycles. The number of para-hydroxylation sites is 1. The van der Waals surface area contributed by atoms with Gasteiger partial charge < -0.3 is 4.90 Å². The Labute approximate surface area is 120 Å². The highest BCUT2D eigenvalue weighted by Crippen LogP contribution is 2.31. The second kappa shape index (κ2) is 4.48. The molecular weight excluding hydrogens is 244 g/mol. The summed E-state index contributed by atoms with van der Waals surface area (Å²) in [7, 11) is 2.18. The molecular formula is C18H19N2+. The molecule has 4 rings (SSSR count). The zero-order chi connectivity index (χ0) is 13.5. The molecule has 0 saturated carbocycles. The van der Waals surface area contributed by atoms with E-state index in [9.17, 15) is 0 Å². The van der Waals surface area contributed by atoms with E-state index in [0.29, 0.717) is 0 Å². The third-order valence-electron chi connectivity index (χ3n) is 4.40. The fraction of sp³-hybridized carbons (Fsp3) is 0.278. The maximum absolute atomic E-state index is 2.40. The molecule has 1 aliphatic carbocycles. The Hall–Kier alpha value is -2.09. The van der Waals surface area contributed by atoms with Crippen molar-refractivity contribution in [1.82, 2.24) is 0 Å². The van der Waals surface area contributed by atoms with Crippen molar-refractivity contribution < 1.29 is 4.58 Å². The lowest BCUT2D eigenvalue weighted by molar-refractivity contribution is -0.435. The third-order valence-corrected chi connectivity index (χ3v) is 4.40. The molecule has 0 amide bonds. The van der Waals surface area contributed by atoms with Crippen LogP contribution in [0.4, 0.5) is 11.4 Å². The summed E-state index contributed by atoms with van der Waals surface area (Å²) in [5.41, 5.74) is 7.08. The predicted octanol–water partition coefficient (Wildman–Crippen LogP) is 3.35. The Balaban J connectivity index is 1.83. The number of anilines is 1. The van der Waals surface area contributed by atoms with Crippen molar-refractivity contribution in [3.8, 4) is 0 Å². The van der Waals surface area contributed by atoms with Gasteiger partial charge in [-0.1, -0.05) is 18.2 Å². The zero-order valence-electron chi connectivity index (χ0n) is 11.8. The van der Waals surface area contributed by atoms with Gasteiger partial charge in [0.1, 0.15) is 0 Å². The minimum Gasteiger partial charge on any atom is -0.319 e. The second-order valence-corrected chi connectivity index (χ2v) is 5.81. The van der Waals surface area contributed by atoms with Crippen molar-refractivity contribution in [2.45, 2.75) is 19.3 Å².